The molecule has 34 heavy (non-hydrogen) atoms. The van der Waals surface area contributed by atoms with E-state index in [1.807, 2.05) is 18.2 Å². The molecule has 5 atom stereocenters. The van der Waals surface area contributed by atoms with Gasteiger partial charge in [-0.1, -0.05) is 24.1 Å². The summed E-state index contributed by atoms with van der Waals surface area (Å²) in [6.07, 6.45) is 6.03. The predicted molar refractivity (Wildman–Crippen MR) is 126 cm³/mol. The van der Waals surface area contributed by atoms with Gasteiger partial charge in [0.15, 0.2) is 6.23 Å². The number of terminal acetylenes is 1. The first-order valence-electron chi connectivity index (χ1n) is 10.8. The molecule has 182 valence electrons. The van der Waals surface area contributed by atoms with Crippen molar-refractivity contribution >= 4 is 14.5 Å². The van der Waals surface area contributed by atoms with Gasteiger partial charge in [-0.25, -0.2) is 9.88 Å². The van der Waals surface area contributed by atoms with Crippen molar-refractivity contribution in [3.8, 4) is 18.1 Å². The maximum Gasteiger partial charge on any atom is 0.330 e. The van der Waals surface area contributed by atoms with E-state index >= 15 is 0 Å². The number of benzene rings is 1. The highest BCUT2D eigenvalue weighted by atomic mass is 31.2. The van der Waals surface area contributed by atoms with Crippen molar-refractivity contribution in [3.05, 3.63) is 63.4 Å². The number of nitrogens with zero attached hydrogens (tertiary/aromatic N) is 1. The number of nitrogens with one attached hydrogen (secondary N) is 2. The highest BCUT2D eigenvalue weighted by Gasteiger charge is 2.37. The van der Waals surface area contributed by atoms with E-state index in [0.717, 1.165) is 0 Å². The lowest BCUT2D eigenvalue weighted by atomic mass is 10.0. The Balaban J connectivity index is 1.67. The average molecular weight is 489 g/mol. The van der Waals surface area contributed by atoms with Crippen LogP contribution in [0.2, 0.25) is 0 Å². The number of aromatic amines is 1. The number of hydrogen-bond donors (Lipinski definition) is 2. The number of hydrogen-bond acceptors (Lipinski definition) is 8. The topological polar surface area (TPSA) is 121 Å². The Bertz CT molecular complexity index is 1110. The van der Waals surface area contributed by atoms with Crippen LogP contribution >= 0.6 is 8.53 Å². The van der Waals surface area contributed by atoms with E-state index in [1.54, 1.807) is 32.9 Å². The molecule has 0 radical (unpaired) electrons. The number of para-hydroxylation sites is 1. The Labute approximate surface area is 198 Å². The minimum atomic E-state index is -1.75. The standard InChI is InChI=1S/C23H28N3O7P/c1-5-17-13-19(32-21(17)26-12-11-20(27)24-23(26)29)14-30-34(33-18-9-7-6-8-10-18)25-16(4)22(28)31-15(2)3/h1,6-12,15-17,19,21,25H,13-14H2,2-4H3,(H,24,27,29)/t16?,17-,19?,21?,34?/m0/s1. The van der Waals surface area contributed by atoms with Crippen molar-refractivity contribution in [1.82, 2.24) is 14.6 Å². The van der Waals surface area contributed by atoms with Crippen LogP contribution in [0.1, 0.15) is 33.4 Å². The fourth-order valence-corrected chi connectivity index (χ4v) is 4.47. The Morgan fingerprint density at radius 2 is 2.03 bits per heavy atom. The van der Waals surface area contributed by atoms with Crippen molar-refractivity contribution in [1.29, 1.82) is 0 Å². The lowest BCUT2D eigenvalue weighted by Gasteiger charge is -2.23. The predicted octanol–water partition coefficient (Wildman–Crippen LogP) is 2.33. The molecule has 0 amide bonds. The van der Waals surface area contributed by atoms with Gasteiger partial charge in [-0.3, -0.25) is 19.1 Å². The van der Waals surface area contributed by atoms with Gasteiger partial charge in [0.25, 0.3) is 5.56 Å². The molecule has 2 heterocycles. The van der Waals surface area contributed by atoms with Crippen LogP contribution in [-0.2, 0) is 18.8 Å². The molecule has 0 bridgehead atoms. The summed E-state index contributed by atoms with van der Waals surface area (Å²) in [6, 6.07) is 9.61. The minimum absolute atomic E-state index is 0.101. The molecular weight excluding hydrogens is 461 g/mol. The van der Waals surface area contributed by atoms with Gasteiger partial charge < -0.3 is 18.5 Å². The highest BCUT2D eigenvalue weighted by molar-refractivity contribution is 7.45. The van der Waals surface area contributed by atoms with Crippen LogP contribution < -0.4 is 20.9 Å². The van der Waals surface area contributed by atoms with Crippen molar-refractivity contribution in [2.75, 3.05) is 6.61 Å². The third-order valence-corrected chi connectivity index (χ3v) is 6.20. The number of aromatic nitrogens is 2. The number of carbonyl (C=O) groups excluding carboxylic acids is 1. The lowest BCUT2D eigenvalue weighted by Crippen LogP contribution is -2.35. The summed E-state index contributed by atoms with van der Waals surface area (Å²) in [7, 11) is -1.75. The van der Waals surface area contributed by atoms with Crippen LogP contribution in [0, 0.1) is 18.3 Å². The smallest absolute Gasteiger partial charge is 0.330 e. The number of ether oxygens (including phenoxy) is 2. The fourth-order valence-electron chi connectivity index (χ4n) is 3.26. The molecule has 10 nitrogen and oxygen atoms in total. The number of carbonyl (C=O) groups is 1. The Morgan fingerprint density at radius 1 is 1.29 bits per heavy atom. The van der Waals surface area contributed by atoms with Gasteiger partial charge in [0.2, 0.25) is 0 Å². The molecule has 0 saturated carbocycles. The zero-order valence-corrected chi connectivity index (χ0v) is 20.1. The van der Waals surface area contributed by atoms with Crippen molar-refractivity contribution in [3.63, 3.8) is 0 Å². The van der Waals surface area contributed by atoms with Gasteiger partial charge in [0.1, 0.15) is 11.8 Å². The van der Waals surface area contributed by atoms with E-state index in [-0.39, 0.29) is 12.7 Å². The van der Waals surface area contributed by atoms with E-state index in [4.69, 9.17) is 24.9 Å². The van der Waals surface area contributed by atoms with Crippen LogP contribution in [-0.4, -0.2) is 40.4 Å². The SMILES string of the molecule is C#C[C@H]1CC(COP(NC(C)C(=O)OC(C)C)Oc2ccccc2)OC1n1ccc(=O)[nH]c1=O. The van der Waals surface area contributed by atoms with Gasteiger partial charge in [-0.15, -0.1) is 6.42 Å². The van der Waals surface area contributed by atoms with Crippen LogP contribution in [0.3, 0.4) is 0 Å². The molecule has 4 unspecified atom stereocenters. The molecule has 2 N–H and O–H groups in total. The van der Waals surface area contributed by atoms with Crippen LogP contribution in [0.5, 0.6) is 5.75 Å². The molecule has 1 aliphatic rings. The van der Waals surface area contributed by atoms with Gasteiger partial charge in [0, 0.05) is 12.3 Å². The van der Waals surface area contributed by atoms with E-state index < -0.39 is 50.0 Å². The molecule has 2 aromatic rings. The third-order valence-electron chi connectivity index (χ3n) is 4.85. The zero-order valence-electron chi connectivity index (χ0n) is 19.2. The van der Waals surface area contributed by atoms with Crippen molar-refractivity contribution < 1.29 is 23.3 Å². The van der Waals surface area contributed by atoms with Crippen molar-refractivity contribution in [2.24, 2.45) is 5.92 Å². The summed E-state index contributed by atoms with van der Waals surface area (Å²) in [6.45, 7) is 5.31. The second kappa shape index (κ2) is 12.0. The molecule has 1 fully saturated rings. The first-order valence-corrected chi connectivity index (χ1v) is 12.0. The summed E-state index contributed by atoms with van der Waals surface area (Å²) in [5, 5.41) is 3.03. The second-order valence-electron chi connectivity index (χ2n) is 7.97. The third kappa shape index (κ3) is 7.02. The number of rotatable bonds is 10. The maximum atomic E-state index is 12.2. The summed E-state index contributed by atoms with van der Waals surface area (Å²) in [5.74, 6) is 2.39. The van der Waals surface area contributed by atoms with Gasteiger partial charge in [-0.2, -0.15) is 0 Å². The fraction of sp³-hybridized carbons (Fsp3) is 0.435. The average Bonchev–Trinajstić information content (AvgIpc) is 3.20. The summed E-state index contributed by atoms with van der Waals surface area (Å²) in [4.78, 5) is 38.0. The maximum absolute atomic E-state index is 12.2. The van der Waals surface area contributed by atoms with Crippen molar-refractivity contribution in [2.45, 2.75) is 51.7 Å². The number of esters is 1. The van der Waals surface area contributed by atoms with Crippen LogP contribution in [0.4, 0.5) is 0 Å². The van der Waals surface area contributed by atoms with Gasteiger partial charge in [0.05, 0.1) is 24.7 Å². The first-order chi connectivity index (χ1) is 16.3. The largest absolute Gasteiger partial charge is 0.462 e. The summed E-state index contributed by atoms with van der Waals surface area (Å²) >= 11 is 0. The van der Waals surface area contributed by atoms with Crippen LogP contribution in [0.25, 0.3) is 0 Å². The lowest BCUT2D eigenvalue weighted by molar-refractivity contribution is -0.149. The second-order valence-corrected chi connectivity index (χ2v) is 9.18. The summed E-state index contributed by atoms with van der Waals surface area (Å²) in [5.41, 5.74) is -1.11. The zero-order chi connectivity index (χ0) is 24.7. The molecule has 0 spiro atoms. The van der Waals surface area contributed by atoms with E-state index in [9.17, 15) is 14.4 Å². The Morgan fingerprint density at radius 3 is 2.68 bits per heavy atom. The number of H-pyrrole nitrogens is 1. The Hall–Kier alpha value is -2.96. The van der Waals surface area contributed by atoms with E-state index in [2.05, 4.69) is 16.0 Å². The van der Waals surface area contributed by atoms with Gasteiger partial charge in [-0.05, 0) is 39.3 Å². The normalized spacial score (nSPS) is 21.6. The van der Waals surface area contributed by atoms with Crippen LogP contribution in [0.15, 0.2) is 52.2 Å². The highest BCUT2D eigenvalue weighted by Crippen LogP contribution is 2.39. The molecule has 0 aliphatic carbocycles. The molecular formula is C23H28N3O7P. The molecule has 1 saturated heterocycles. The molecule has 1 aromatic carbocycles. The van der Waals surface area contributed by atoms with Gasteiger partial charge >= 0.3 is 20.2 Å². The summed E-state index contributed by atoms with van der Waals surface area (Å²) < 4.78 is 24.4. The monoisotopic (exact) mass is 489 g/mol. The molecule has 1 aliphatic heterocycles. The first kappa shape index (κ1) is 25.7. The quantitative estimate of drug-likeness (QED) is 0.296. The minimum Gasteiger partial charge on any atom is -0.462 e. The van der Waals surface area contributed by atoms with E-state index in [0.29, 0.717) is 12.2 Å². The molecule has 3 rings (SSSR count). The Kier molecular flexibility index (Phi) is 9.02. The molecule has 11 heteroatoms. The molecule has 1 aromatic heterocycles. The van der Waals surface area contributed by atoms with E-state index in [1.165, 1.54) is 16.8 Å².